The molecule has 0 spiro atoms. The lowest BCUT2D eigenvalue weighted by Crippen LogP contribution is -2.34. The van der Waals surface area contributed by atoms with Gasteiger partial charge in [0.15, 0.2) is 0 Å². The van der Waals surface area contributed by atoms with Gasteiger partial charge in [-0.3, -0.25) is 19.7 Å². The van der Waals surface area contributed by atoms with Crippen LogP contribution in [0.4, 0.5) is 17.1 Å². The van der Waals surface area contributed by atoms with Crippen LogP contribution < -0.4 is 9.80 Å². The lowest BCUT2D eigenvalue weighted by Gasteiger charge is -2.22. The highest BCUT2D eigenvalue weighted by atomic mass is 16.6. The monoisotopic (exact) mass is 453 g/mol. The van der Waals surface area contributed by atoms with Crippen molar-refractivity contribution in [1.82, 2.24) is 0 Å². The van der Waals surface area contributed by atoms with Gasteiger partial charge in [-0.25, -0.2) is 4.90 Å². The quantitative estimate of drug-likeness (QED) is 0.306. The van der Waals surface area contributed by atoms with Crippen molar-refractivity contribution in [3.05, 3.63) is 105 Å². The van der Waals surface area contributed by atoms with Crippen LogP contribution in [0.5, 0.6) is 0 Å². The van der Waals surface area contributed by atoms with Gasteiger partial charge in [-0.2, -0.15) is 0 Å². The molecule has 0 bridgehead atoms. The van der Waals surface area contributed by atoms with Crippen molar-refractivity contribution in [3.63, 3.8) is 0 Å². The average molecular weight is 453 g/mol. The Bertz CT molecular complexity index is 1340. The van der Waals surface area contributed by atoms with Crippen molar-refractivity contribution in [1.29, 1.82) is 0 Å². The maximum Gasteiger partial charge on any atom is 0.282 e. The molecule has 0 radical (unpaired) electrons. The van der Waals surface area contributed by atoms with Crippen LogP contribution in [0.15, 0.2) is 78.5 Å². The summed E-state index contributed by atoms with van der Waals surface area (Å²) in [5, 5.41) is 11.1. The zero-order valence-corrected chi connectivity index (χ0v) is 18.9. The van der Waals surface area contributed by atoms with E-state index in [9.17, 15) is 19.7 Å². The zero-order chi connectivity index (χ0) is 24.0. The molecule has 0 N–H and O–H groups in total. The molecule has 7 nitrogen and oxygen atoms in total. The largest absolute Gasteiger partial charge is 0.336 e. The molecule has 0 saturated heterocycles. The number of anilines is 2. The minimum Gasteiger partial charge on any atom is -0.336 e. The molecule has 7 heteroatoms. The molecule has 170 valence electrons. The number of para-hydroxylation sites is 1. The Balaban J connectivity index is 1.63. The van der Waals surface area contributed by atoms with Crippen molar-refractivity contribution in [3.8, 4) is 0 Å². The number of fused-ring (bicyclic) bond motifs is 1. The van der Waals surface area contributed by atoms with E-state index in [0.717, 1.165) is 23.2 Å². The molecule has 2 aliphatic rings. The normalized spacial score (nSPS) is 15.5. The van der Waals surface area contributed by atoms with Crippen LogP contribution in [-0.4, -0.2) is 23.3 Å². The van der Waals surface area contributed by atoms with Crippen LogP contribution in [-0.2, 0) is 16.0 Å². The highest BCUT2D eigenvalue weighted by Crippen LogP contribution is 2.40. The van der Waals surface area contributed by atoms with E-state index >= 15 is 0 Å². The number of non-ortho nitro benzene ring substituents is 1. The predicted octanol–water partition coefficient (Wildman–Crippen LogP) is 5.07. The minimum absolute atomic E-state index is 0.0738. The fourth-order valence-electron chi connectivity index (χ4n) is 4.59. The fourth-order valence-corrected chi connectivity index (χ4v) is 4.59. The third kappa shape index (κ3) is 3.46. The molecular formula is C27H23N3O4. The van der Waals surface area contributed by atoms with Crippen LogP contribution in [0.3, 0.4) is 0 Å². The number of amides is 2. The van der Waals surface area contributed by atoms with E-state index < -0.39 is 16.7 Å². The second kappa shape index (κ2) is 8.26. The molecule has 0 fully saturated rings. The van der Waals surface area contributed by atoms with Crippen molar-refractivity contribution in [2.45, 2.75) is 26.2 Å². The SMILES string of the molecule is CC(C)c1ccc(N2C(=O)C(c3ccc([N+](=O)[O-])cc3)=C(N3CCc4ccccc43)C2=O)cc1. The van der Waals surface area contributed by atoms with Gasteiger partial charge in [-0.05, 0) is 59.4 Å². The second-order valence-electron chi connectivity index (χ2n) is 8.75. The number of nitro benzene ring substituents is 1. The Morgan fingerprint density at radius 2 is 1.56 bits per heavy atom. The number of nitro groups is 1. The molecule has 2 amide bonds. The molecule has 5 rings (SSSR count). The summed E-state index contributed by atoms with van der Waals surface area (Å²) in [6, 6.07) is 21.0. The Hall–Kier alpha value is -4.26. The smallest absolute Gasteiger partial charge is 0.282 e. The summed E-state index contributed by atoms with van der Waals surface area (Å²) in [4.78, 5) is 41.3. The third-order valence-corrected chi connectivity index (χ3v) is 6.40. The van der Waals surface area contributed by atoms with E-state index in [1.807, 2.05) is 41.3 Å². The minimum atomic E-state index is -0.486. The number of hydrogen-bond donors (Lipinski definition) is 0. The summed E-state index contributed by atoms with van der Waals surface area (Å²) in [7, 11) is 0. The van der Waals surface area contributed by atoms with Crippen LogP contribution in [0.1, 0.15) is 36.5 Å². The molecular weight excluding hydrogens is 430 g/mol. The van der Waals surface area contributed by atoms with Crippen LogP contribution in [0.2, 0.25) is 0 Å². The van der Waals surface area contributed by atoms with E-state index in [2.05, 4.69) is 13.8 Å². The highest BCUT2D eigenvalue weighted by molar-refractivity contribution is 6.46. The lowest BCUT2D eigenvalue weighted by molar-refractivity contribution is -0.384. The molecule has 0 saturated carbocycles. The van der Waals surface area contributed by atoms with Crippen LogP contribution in [0, 0.1) is 10.1 Å². The van der Waals surface area contributed by atoms with E-state index in [1.54, 1.807) is 12.1 Å². The Morgan fingerprint density at radius 3 is 2.21 bits per heavy atom. The molecule has 2 aliphatic heterocycles. The highest BCUT2D eigenvalue weighted by Gasteiger charge is 2.44. The molecule has 0 aliphatic carbocycles. The third-order valence-electron chi connectivity index (χ3n) is 6.40. The van der Waals surface area contributed by atoms with Gasteiger partial charge in [0.1, 0.15) is 5.70 Å². The first-order valence-corrected chi connectivity index (χ1v) is 11.2. The van der Waals surface area contributed by atoms with Gasteiger partial charge < -0.3 is 4.90 Å². The summed E-state index contributed by atoms with van der Waals surface area (Å²) in [5.74, 6) is -0.507. The second-order valence-corrected chi connectivity index (χ2v) is 8.75. The van der Waals surface area contributed by atoms with E-state index in [4.69, 9.17) is 0 Å². The van der Waals surface area contributed by atoms with Crippen molar-refractivity contribution < 1.29 is 14.5 Å². The number of carbonyl (C=O) groups is 2. The van der Waals surface area contributed by atoms with Crippen LogP contribution >= 0.6 is 0 Å². The number of hydrogen-bond acceptors (Lipinski definition) is 5. The number of nitrogens with zero attached hydrogens (tertiary/aromatic N) is 3. The van der Waals surface area contributed by atoms with E-state index in [-0.39, 0.29) is 11.3 Å². The first-order valence-electron chi connectivity index (χ1n) is 11.2. The predicted molar refractivity (Wildman–Crippen MR) is 131 cm³/mol. The molecule has 0 aromatic heterocycles. The van der Waals surface area contributed by atoms with Gasteiger partial charge >= 0.3 is 0 Å². The first-order chi connectivity index (χ1) is 16.4. The summed E-state index contributed by atoms with van der Waals surface area (Å²) in [6.45, 7) is 4.74. The van der Waals surface area contributed by atoms with Gasteiger partial charge in [-0.1, -0.05) is 44.2 Å². The summed E-state index contributed by atoms with van der Waals surface area (Å²) >= 11 is 0. The van der Waals surface area contributed by atoms with Crippen molar-refractivity contribution in [2.75, 3.05) is 16.3 Å². The standard InChI is InChI=1S/C27H23N3O4/c1-17(2)18-7-11-21(12-8-18)29-26(31)24(20-9-13-22(14-10-20)30(33)34)25(27(29)32)28-16-15-19-5-3-4-6-23(19)28/h3-14,17H,15-16H2,1-2H3. The van der Waals surface area contributed by atoms with Gasteiger partial charge in [0.25, 0.3) is 17.5 Å². The number of imide groups is 1. The Morgan fingerprint density at radius 1 is 0.882 bits per heavy atom. The summed E-state index contributed by atoms with van der Waals surface area (Å²) in [6.07, 6.45) is 0.762. The van der Waals surface area contributed by atoms with E-state index in [0.29, 0.717) is 29.4 Å². The van der Waals surface area contributed by atoms with Gasteiger partial charge in [0.2, 0.25) is 0 Å². The van der Waals surface area contributed by atoms with Crippen molar-refractivity contribution >= 4 is 34.4 Å². The Labute approximate surface area is 197 Å². The lowest BCUT2D eigenvalue weighted by atomic mass is 10.0. The summed E-state index contributed by atoms with van der Waals surface area (Å²) < 4.78 is 0. The average Bonchev–Trinajstić information content (AvgIpc) is 3.37. The number of benzene rings is 3. The topological polar surface area (TPSA) is 83.8 Å². The number of rotatable bonds is 5. The van der Waals surface area contributed by atoms with E-state index in [1.165, 1.54) is 29.2 Å². The Kier molecular flexibility index (Phi) is 5.24. The van der Waals surface area contributed by atoms with Gasteiger partial charge in [0, 0.05) is 24.4 Å². The summed E-state index contributed by atoms with van der Waals surface area (Å²) in [5.41, 5.74) is 4.58. The first kappa shape index (κ1) is 21.6. The maximum atomic E-state index is 13.8. The zero-order valence-electron chi connectivity index (χ0n) is 18.9. The van der Waals surface area contributed by atoms with Gasteiger partial charge in [0.05, 0.1) is 16.2 Å². The van der Waals surface area contributed by atoms with Crippen molar-refractivity contribution in [2.24, 2.45) is 0 Å². The molecule has 2 heterocycles. The molecule has 34 heavy (non-hydrogen) atoms. The molecule has 3 aromatic rings. The van der Waals surface area contributed by atoms with Gasteiger partial charge in [-0.15, -0.1) is 0 Å². The maximum absolute atomic E-state index is 13.8. The number of carbonyl (C=O) groups excluding carboxylic acids is 2. The fraction of sp³-hybridized carbons (Fsp3) is 0.185. The molecule has 3 aromatic carbocycles. The van der Waals surface area contributed by atoms with Crippen LogP contribution in [0.25, 0.3) is 5.57 Å². The molecule has 0 unspecified atom stereocenters. The molecule has 0 atom stereocenters.